The first-order valence-electron chi connectivity index (χ1n) is 9.57. The lowest BCUT2D eigenvalue weighted by molar-refractivity contribution is 0.541. The molecule has 4 unspecified atom stereocenters. The van der Waals surface area contributed by atoms with Crippen LogP contribution in [0.25, 0.3) is 0 Å². The molecule has 0 nitrogen and oxygen atoms in total. The molecule has 0 radical (unpaired) electrons. The first kappa shape index (κ1) is 19.8. The van der Waals surface area contributed by atoms with E-state index in [0.717, 1.165) is 21.8 Å². The van der Waals surface area contributed by atoms with Crippen LogP contribution in [0.4, 0.5) is 8.78 Å². The van der Waals surface area contributed by atoms with Gasteiger partial charge in [-0.2, -0.15) is 0 Å². The Morgan fingerprint density at radius 3 is 1.52 bits per heavy atom. The van der Waals surface area contributed by atoms with Crippen LogP contribution in [0.2, 0.25) is 13.1 Å². The highest BCUT2D eigenvalue weighted by molar-refractivity contribution is 9.10. The maximum Gasteiger partial charge on any atom is 0.124 e. The molecule has 0 N–H and O–H groups in total. The van der Waals surface area contributed by atoms with Crippen molar-refractivity contribution >= 4 is 39.9 Å². The number of rotatable bonds is 2. The van der Waals surface area contributed by atoms with Gasteiger partial charge in [-0.15, -0.1) is 0 Å². The second kappa shape index (κ2) is 6.77. The molecule has 144 valence electrons. The van der Waals surface area contributed by atoms with Gasteiger partial charge in [-0.05, 0) is 82.3 Å². The Morgan fingerprint density at radius 1 is 0.778 bits per heavy atom. The van der Waals surface area contributed by atoms with Crippen molar-refractivity contribution in [1.29, 1.82) is 0 Å². The van der Waals surface area contributed by atoms with Crippen LogP contribution in [-0.4, -0.2) is 8.07 Å². The lowest BCUT2D eigenvalue weighted by Gasteiger charge is -2.41. The molecule has 2 aromatic rings. The van der Waals surface area contributed by atoms with Crippen molar-refractivity contribution < 1.29 is 8.78 Å². The highest BCUT2D eigenvalue weighted by Crippen LogP contribution is 2.55. The molecule has 0 bridgehead atoms. The van der Waals surface area contributed by atoms with Crippen molar-refractivity contribution in [1.82, 2.24) is 0 Å². The number of halogens is 4. The maximum absolute atomic E-state index is 14.2. The lowest BCUT2D eigenvalue weighted by atomic mass is 10.1. The first-order chi connectivity index (χ1) is 12.6. The van der Waals surface area contributed by atoms with Crippen LogP contribution in [0.5, 0.6) is 0 Å². The zero-order chi connectivity index (χ0) is 19.7. The third-order valence-electron chi connectivity index (χ3n) is 6.85. The molecule has 5 heteroatoms. The summed E-state index contributed by atoms with van der Waals surface area (Å²) in [5.74, 6) is 0.623. The van der Waals surface area contributed by atoms with Crippen LogP contribution in [0, 0.1) is 23.5 Å². The highest BCUT2D eigenvalue weighted by Gasteiger charge is 2.51. The van der Waals surface area contributed by atoms with Gasteiger partial charge in [0.15, 0.2) is 0 Å². The van der Waals surface area contributed by atoms with E-state index in [-0.39, 0.29) is 11.6 Å². The van der Waals surface area contributed by atoms with Crippen LogP contribution in [-0.2, 0) is 12.8 Å². The van der Waals surface area contributed by atoms with Gasteiger partial charge in [-0.3, -0.25) is 0 Å². The molecular formula is C22H24Br2F2Si. The zero-order valence-corrected chi connectivity index (χ0v) is 20.2. The minimum absolute atomic E-state index is 0.168. The van der Waals surface area contributed by atoms with Gasteiger partial charge < -0.3 is 0 Å². The average Bonchev–Trinajstić information content (AvgIpc) is 3.04. The number of hydrogen-bond acceptors (Lipinski definition) is 0. The highest BCUT2D eigenvalue weighted by atomic mass is 79.9. The van der Waals surface area contributed by atoms with E-state index in [9.17, 15) is 8.78 Å². The quantitative estimate of drug-likeness (QED) is 0.364. The second-order valence-corrected chi connectivity index (χ2v) is 15.6. The summed E-state index contributed by atoms with van der Waals surface area (Å²) in [5, 5.41) is 0. The number of fused-ring (bicyclic) bond motifs is 2. The minimum atomic E-state index is -1.93. The Balaban J connectivity index is 1.85. The van der Waals surface area contributed by atoms with Gasteiger partial charge in [-0.25, -0.2) is 8.78 Å². The van der Waals surface area contributed by atoms with E-state index < -0.39 is 8.07 Å². The van der Waals surface area contributed by atoms with E-state index in [1.54, 1.807) is 24.3 Å². The van der Waals surface area contributed by atoms with Crippen LogP contribution in [0.1, 0.15) is 47.2 Å². The topological polar surface area (TPSA) is 0 Å². The molecule has 2 aliphatic rings. The third-order valence-corrected chi connectivity index (χ3v) is 13.2. The summed E-state index contributed by atoms with van der Waals surface area (Å²) >= 11 is 7.16. The summed E-state index contributed by atoms with van der Waals surface area (Å²) in [6, 6.07) is 6.68. The van der Waals surface area contributed by atoms with E-state index in [1.165, 1.54) is 22.3 Å². The molecule has 0 amide bonds. The Morgan fingerprint density at radius 2 is 1.15 bits per heavy atom. The summed E-state index contributed by atoms with van der Waals surface area (Å²) in [7, 11) is -1.93. The van der Waals surface area contributed by atoms with Crippen LogP contribution in [0.15, 0.2) is 33.2 Å². The van der Waals surface area contributed by atoms with Crippen molar-refractivity contribution in [3.05, 3.63) is 67.1 Å². The molecule has 2 aliphatic carbocycles. The van der Waals surface area contributed by atoms with Gasteiger partial charge in [-0.1, -0.05) is 58.8 Å². The molecule has 4 rings (SSSR count). The molecule has 4 atom stereocenters. The number of benzene rings is 2. The standard InChI is InChI=1S/C22H24Br2F2Si/c1-11-5-15-17(7-13(25)9-19(15)23)21(11)27(3,4)22-12(2)6-16-18(22)8-14(26)10-20(16)24/h7-12,21-22H,5-6H2,1-4H3. The van der Waals surface area contributed by atoms with Crippen LogP contribution in [0.3, 0.4) is 0 Å². The van der Waals surface area contributed by atoms with Gasteiger partial charge >= 0.3 is 0 Å². The van der Waals surface area contributed by atoms with Crippen molar-refractivity contribution in [3.63, 3.8) is 0 Å². The molecule has 0 aliphatic heterocycles. The molecule has 27 heavy (non-hydrogen) atoms. The van der Waals surface area contributed by atoms with Crippen LogP contribution < -0.4 is 0 Å². The minimum Gasteiger partial charge on any atom is -0.207 e. The maximum atomic E-state index is 14.2. The summed E-state index contributed by atoms with van der Waals surface area (Å²) in [4.78, 5) is 0. The Kier molecular flexibility index (Phi) is 4.96. The molecule has 0 spiro atoms. The predicted octanol–water partition coefficient (Wildman–Crippen LogP) is 7.53. The number of hydrogen-bond donors (Lipinski definition) is 0. The normalized spacial score (nSPS) is 27.0. The summed E-state index contributed by atoms with van der Waals surface area (Å²) in [6.45, 7) is 9.45. The van der Waals surface area contributed by atoms with E-state index >= 15 is 0 Å². The fourth-order valence-electron chi connectivity index (χ4n) is 6.19. The third kappa shape index (κ3) is 3.08. The van der Waals surface area contributed by atoms with Gasteiger partial charge in [0.2, 0.25) is 0 Å². The van der Waals surface area contributed by atoms with Crippen molar-refractivity contribution in [3.8, 4) is 0 Å². The molecular weight excluding hydrogens is 490 g/mol. The predicted molar refractivity (Wildman–Crippen MR) is 117 cm³/mol. The smallest absolute Gasteiger partial charge is 0.124 e. The van der Waals surface area contributed by atoms with E-state index in [4.69, 9.17) is 0 Å². The van der Waals surface area contributed by atoms with Crippen molar-refractivity contribution in [2.75, 3.05) is 0 Å². The fourth-order valence-corrected chi connectivity index (χ4v) is 13.1. The van der Waals surface area contributed by atoms with Gasteiger partial charge in [0.25, 0.3) is 0 Å². The Labute approximate surface area is 178 Å². The SMILES string of the molecule is CC1Cc2c(Br)cc(F)cc2C1[Si](C)(C)C1c2cc(F)cc(Br)c2CC1C. The Bertz CT molecular complexity index is 852. The Hall–Kier alpha value is -0.523. The van der Waals surface area contributed by atoms with E-state index in [1.807, 2.05) is 0 Å². The average molecular weight is 514 g/mol. The summed E-state index contributed by atoms with van der Waals surface area (Å²) in [5.41, 5.74) is 5.64. The monoisotopic (exact) mass is 512 g/mol. The summed E-state index contributed by atoms with van der Waals surface area (Å²) in [6.07, 6.45) is 1.97. The zero-order valence-electron chi connectivity index (χ0n) is 16.0. The van der Waals surface area contributed by atoms with Crippen LogP contribution >= 0.6 is 31.9 Å². The second-order valence-electron chi connectivity index (χ2n) is 9.05. The molecule has 0 heterocycles. The summed E-state index contributed by atoms with van der Waals surface area (Å²) < 4.78 is 30.3. The van der Waals surface area contributed by atoms with E-state index in [2.05, 4.69) is 58.8 Å². The molecule has 0 saturated carbocycles. The van der Waals surface area contributed by atoms with Gasteiger partial charge in [0.05, 0.1) is 8.07 Å². The first-order valence-corrected chi connectivity index (χ1v) is 14.3. The molecule has 0 aromatic heterocycles. The largest absolute Gasteiger partial charge is 0.207 e. The van der Waals surface area contributed by atoms with E-state index in [0.29, 0.717) is 22.9 Å². The lowest BCUT2D eigenvalue weighted by Crippen LogP contribution is -2.45. The van der Waals surface area contributed by atoms with Gasteiger partial charge in [0.1, 0.15) is 11.6 Å². The van der Waals surface area contributed by atoms with Crippen molar-refractivity contribution in [2.45, 2.75) is 50.9 Å². The molecule has 0 fully saturated rings. The fraction of sp³-hybridized carbons (Fsp3) is 0.455. The van der Waals surface area contributed by atoms with Crippen molar-refractivity contribution in [2.24, 2.45) is 11.8 Å². The molecule has 2 aromatic carbocycles. The molecule has 0 saturated heterocycles. The van der Waals surface area contributed by atoms with Gasteiger partial charge in [0, 0.05) is 8.95 Å².